The summed E-state index contributed by atoms with van der Waals surface area (Å²) in [6, 6.07) is 14.3. The normalized spacial score (nSPS) is 14.9. The molecule has 1 saturated heterocycles. The molecule has 0 amide bonds. The molecule has 0 aliphatic carbocycles. The van der Waals surface area contributed by atoms with Crippen molar-refractivity contribution < 1.29 is 0 Å². The molecule has 1 aromatic carbocycles. The summed E-state index contributed by atoms with van der Waals surface area (Å²) in [6.07, 6.45) is 3.84. The van der Waals surface area contributed by atoms with Gasteiger partial charge in [0, 0.05) is 37.8 Å². The van der Waals surface area contributed by atoms with Crippen molar-refractivity contribution in [1.29, 1.82) is 5.26 Å². The highest BCUT2D eigenvalue weighted by molar-refractivity contribution is 5.79. The van der Waals surface area contributed by atoms with E-state index in [9.17, 15) is 5.26 Å². The van der Waals surface area contributed by atoms with Crippen LogP contribution in [0, 0.1) is 11.3 Å². The summed E-state index contributed by atoms with van der Waals surface area (Å²) >= 11 is 0. The van der Waals surface area contributed by atoms with Crippen molar-refractivity contribution in [2.24, 2.45) is 0 Å². The van der Waals surface area contributed by atoms with Crippen LogP contribution in [-0.2, 0) is 0 Å². The lowest BCUT2D eigenvalue weighted by molar-refractivity contribution is 0.652. The summed E-state index contributed by atoms with van der Waals surface area (Å²) in [6.45, 7) is 3.67. The SMILES string of the molecule is N#Cc1ccccc1N1CCN(c2cnc3[nH]ccc3c2)CC1. The first-order valence-electron chi connectivity index (χ1n) is 7.77. The van der Waals surface area contributed by atoms with E-state index in [1.807, 2.05) is 42.7 Å². The molecule has 3 aromatic rings. The molecule has 5 nitrogen and oxygen atoms in total. The fraction of sp³-hybridized carbons (Fsp3) is 0.222. The van der Waals surface area contributed by atoms with Crippen molar-refractivity contribution in [3.05, 3.63) is 54.4 Å². The molecular weight excluding hydrogens is 286 g/mol. The van der Waals surface area contributed by atoms with Crippen molar-refractivity contribution in [2.75, 3.05) is 36.0 Å². The Bertz CT molecular complexity index is 868. The predicted molar refractivity (Wildman–Crippen MR) is 91.7 cm³/mol. The summed E-state index contributed by atoms with van der Waals surface area (Å²) in [5.41, 5.74) is 3.87. The Morgan fingerprint density at radius 2 is 1.83 bits per heavy atom. The average Bonchev–Trinajstić information content (AvgIpc) is 3.09. The Morgan fingerprint density at radius 1 is 1.04 bits per heavy atom. The van der Waals surface area contributed by atoms with Crippen LogP contribution < -0.4 is 9.80 Å². The summed E-state index contributed by atoms with van der Waals surface area (Å²) < 4.78 is 0. The van der Waals surface area contributed by atoms with Gasteiger partial charge in [0.1, 0.15) is 11.7 Å². The Balaban J connectivity index is 1.51. The number of nitrogens with zero attached hydrogens (tertiary/aromatic N) is 4. The van der Waals surface area contributed by atoms with Gasteiger partial charge in [-0.25, -0.2) is 4.98 Å². The maximum absolute atomic E-state index is 9.26. The van der Waals surface area contributed by atoms with E-state index in [4.69, 9.17) is 0 Å². The van der Waals surface area contributed by atoms with Crippen LogP contribution >= 0.6 is 0 Å². The fourth-order valence-corrected chi connectivity index (χ4v) is 3.15. The minimum Gasteiger partial charge on any atom is -0.367 e. The molecule has 5 heteroatoms. The number of para-hydroxylation sites is 1. The zero-order valence-corrected chi connectivity index (χ0v) is 12.7. The van der Waals surface area contributed by atoms with Gasteiger partial charge in [-0.2, -0.15) is 5.26 Å². The molecule has 0 radical (unpaired) electrons. The van der Waals surface area contributed by atoms with E-state index in [2.05, 4.69) is 31.9 Å². The topological polar surface area (TPSA) is 59.0 Å². The maximum Gasteiger partial charge on any atom is 0.137 e. The summed E-state index contributed by atoms with van der Waals surface area (Å²) in [4.78, 5) is 12.2. The second kappa shape index (κ2) is 5.65. The Hall–Kier alpha value is -3.00. The first kappa shape index (κ1) is 13.6. The third-order valence-corrected chi connectivity index (χ3v) is 4.40. The molecule has 1 aliphatic heterocycles. The Kier molecular flexibility index (Phi) is 3.35. The van der Waals surface area contributed by atoms with Crippen LogP contribution in [0.4, 0.5) is 11.4 Å². The molecule has 1 N–H and O–H groups in total. The highest BCUT2D eigenvalue weighted by Crippen LogP contribution is 2.24. The molecule has 0 unspecified atom stereocenters. The van der Waals surface area contributed by atoms with Crippen LogP contribution in [-0.4, -0.2) is 36.1 Å². The molecule has 114 valence electrons. The molecule has 0 saturated carbocycles. The quantitative estimate of drug-likeness (QED) is 0.791. The van der Waals surface area contributed by atoms with Gasteiger partial charge in [-0.05, 0) is 24.3 Å². The van der Waals surface area contributed by atoms with Gasteiger partial charge in [0.05, 0.1) is 23.1 Å². The molecule has 0 bridgehead atoms. The fourth-order valence-electron chi connectivity index (χ4n) is 3.15. The van der Waals surface area contributed by atoms with Gasteiger partial charge >= 0.3 is 0 Å². The van der Waals surface area contributed by atoms with Crippen molar-refractivity contribution in [3.63, 3.8) is 0 Å². The van der Waals surface area contributed by atoms with E-state index >= 15 is 0 Å². The van der Waals surface area contributed by atoms with Crippen LogP contribution in [0.25, 0.3) is 11.0 Å². The average molecular weight is 303 g/mol. The highest BCUT2D eigenvalue weighted by atomic mass is 15.3. The first-order valence-corrected chi connectivity index (χ1v) is 7.77. The first-order chi connectivity index (χ1) is 11.3. The number of aromatic amines is 1. The van der Waals surface area contributed by atoms with Gasteiger partial charge < -0.3 is 14.8 Å². The van der Waals surface area contributed by atoms with Gasteiger partial charge in [0.25, 0.3) is 0 Å². The number of benzene rings is 1. The van der Waals surface area contributed by atoms with Crippen LogP contribution in [0.1, 0.15) is 5.56 Å². The molecular formula is C18H17N5. The molecule has 0 spiro atoms. The van der Waals surface area contributed by atoms with Gasteiger partial charge in [-0.3, -0.25) is 0 Å². The van der Waals surface area contributed by atoms with E-state index in [0.29, 0.717) is 0 Å². The summed E-state index contributed by atoms with van der Waals surface area (Å²) in [7, 11) is 0. The number of hydrogen-bond acceptors (Lipinski definition) is 4. The van der Waals surface area contributed by atoms with E-state index in [-0.39, 0.29) is 0 Å². The van der Waals surface area contributed by atoms with Gasteiger partial charge in [0.15, 0.2) is 0 Å². The van der Waals surface area contributed by atoms with Crippen LogP contribution in [0.3, 0.4) is 0 Å². The van der Waals surface area contributed by atoms with E-state index in [0.717, 1.165) is 54.2 Å². The maximum atomic E-state index is 9.26. The molecule has 2 aromatic heterocycles. The van der Waals surface area contributed by atoms with Crippen LogP contribution in [0.15, 0.2) is 48.8 Å². The lowest BCUT2D eigenvalue weighted by Crippen LogP contribution is -2.46. The minimum atomic E-state index is 0.747. The predicted octanol–water partition coefficient (Wildman–Crippen LogP) is 2.76. The number of anilines is 2. The molecule has 3 heterocycles. The lowest BCUT2D eigenvalue weighted by Gasteiger charge is -2.37. The van der Waals surface area contributed by atoms with E-state index < -0.39 is 0 Å². The third kappa shape index (κ3) is 2.49. The third-order valence-electron chi connectivity index (χ3n) is 4.40. The van der Waals surface area contributed by atoms with Crippen LogP contribution in [0.2, 0.25) is 0 Å². The van der Waals surface area contributed by atoms with E-state index in [1.54, 1.807) is 0 Å². The van der Waals surface area contributed by atoms with Gasteiger partial charge in [-0.15, -0.1) is 0 Å². The minimum absolute atomic E-state index is 0.747. The van der Waals surface area contributed by atoms with Crippen molar-refractivity contribution in [1.82, 2.24) is 9.97 Å². The number of nitrogens with one attached hydrogen (secondary N) is 1. The van der Waals surface area contributed by atoms with Gasteiger partial charge in [0.2, 0.25) is 0 Å². The smallest absolute Gasteiger partial charge is 0.137 e. The lowest BCUT2D eigenvalue weighted by atomic mass is 10.1. The second-order valence-electron chi connectivity index (χ2n) is 5.71. The summed E-state index contributed by atoms with van der Waals surface area (Å²) in [5, 5.41) is 10.4. The molecule has 1 aliphatic rings. The number of fused-ring (bicyclic) bond motifs is 1. The largest absolute Gasteiger partial charge is 0.367 e. The monoisotopic (exact) mass is 303 g/mol. The highest BCUT2D eigenvalue weighted by Gasteiger charge is 2.19. The number of H-pyrrole nitrogens is 1. The molecule has 1 fully saturated rings. The van der Waals surface area contributed by atoms with Crippen molar-refractivity contribution >= 4 is 22.4 Å². The van der Waals surface area contributed by atoms with Crippen molar-refractivity contribution in [3.8, 4) is 6.07 Å². The zero-order chi connectivity index (χ0) is 15.6. The second-order valence-corrected chi connectivity index (χ2v) is 5.71. The van der Waals surface area contributed by atoms with Gasteiger partial charge in [-0.1, -0.05) is 12.1 Å². The number of nitriles is 1. The van der Waals surface area contributed by atoms with Crippen LogP contribution in [0.5, 0.6) is 0 Å². The molecule has 0 atom stereocenters. The Morgan fingerprint density at radius 3 is 2.65 bits per heavy atom. The Labute approximate surface area is 134 Å². The number of pyridine rings is 1. The summed E-state index contributed by atoms with van der Waals surface area (Å²) in [5.74, 6) is 0. The number of aromatic nitrogens is 2. The zero-order valence-electron chi connectivity index (χ0n) is 12.7. The van der Waals surface area contributed by atoms with E-state index in [1.165, 1.54) is 0 Å². The molecule has 4 rings (SSSR count). The van der Waals surface area contributed by atoms with Crippen molar-refractivity contribution in [2.45, 2.75) is 0 Å². The molecule has 23 heavy (non-hydrogen) atoms. The number of piperazine rings is 1. The number of hydrogen-bond donors (Lipinski definition) is 1. The number of rotatable bonds is 2. The standard InChI is InChI=1S/C18H17N5/c19-12-15-3-1-2-4-17(15)23-9-7-22(8-10-23)16-11-14-5-6-20-18(14)21-13-16/h1-6,11,13H,7-10H2,(H,20,21).